The fourth-order valence-corrected chi connectivity index (χ4v) is 7.02. The van der Waals surface area contributed by atoms with Crippen molar-refractivity contribution in [2.24, 2.45) is 5.73 Å². The van der Waals surface area contributed by atoms with E-state index in [9.17, 15) is 58.8 Å². The SMILES string of the molecule is CN1CC(=O)NC(Cc2cn(C(N)=O)c3cc(Cl)ccc23)C(=O)NCC(=O)NCC(O)CC(=O)NC(C(O)C(O)CC=Cc2ccccc2)C(O)C(=O)NC2CC(=O)NC2=CC1=O. The number of β-amino-alcohol motifs (C(OH)–C–C–N with tert-alkyl or cyclic N) is 1. The predicted molar refractivity (Wildman–Crippen MR) is 225 cm³/mol. The van der Waals surface area contributed by atoms with Crippen LogP contribution < -0.4 is 37.6 Å². The quantitative estimate of drug-likeness (QED) is 0.115. The normalized spacial score (nSPS) is 23.7. The molecule has 2 aliphatic rings. The van der Waals surface area contributed by atoms with Gasteiger partial charge in [0.05, 0.1) is 55.7 Å². The number of halogens is 1. The van der Waals surface area contributed by atoms with E-state index in [4.69, 9.17) is 17.3 Å². The van der Waals surface area contributed by atoms with Crippen molar-refractivity contribution in [3.05, 3.63) is 88.7 Å². The molecule has 0 bridgehead atoms. The van der Waals surface area contributed by atoms with E-state index < -0.39 is 122 Å². The molecule has 0 aliphatic carbocycles. The Balaban J connectivity index is 1.39. The Morgan fingerprint density at radius 1 is 0.905 bits per heavy atom. The number of primary amides is 1. The van der Waals surface area contributed by atoms with E-state index in [1.807, 2.05) is 0 Å². The summed E-state index contributed by atoms with van der Waals surface area (Å²) in [6.07, 6.45) is -3.59. The first-order valence-corrected chi connectivity index (χ1v) is 20.0. The van der Waals surface area contributed by atoms with Crippen LogP contribution in [-0.4, -0.2) is 146 Å². The molecule has 22 heteroatoms. The van der Waals surface area contributed by atoms with E-state index in [0.717, 1.165) is 21.1 Å². The molecular formula is C41H48ClN9O12. The maximum absolute atomic E-state index is 13.6. The van der Waals surface area contributed by atoms with Crippen LogP contribution in [0.5, 0.6) is 0 Å². The van der Waals surface area contributed by atoms with Crippen molar-refractivity contribution >= 4 is 76.0 Å². The maximum Gasteiger partial charge on any atom is 0.323 e. The fraction of sp³-hybridized carbons (Fsp3) is 0.366. The standard InChI is InChI=1S/C41H48ClN9O12/c1-50-20-34(57)47-28(12-22-19-51(41(43)63)29-13-23(42)10-11-25(22)29)39(61)45-18-33(56)44-17-24(52)14-31(54)49-36(37(59)30(53)9-5-8-21-6-3-2-4-7-21)38(60)40(62)48-26-15-32(55)46-27(26)16-35(50)58/h2-8,10-11,13,16,19,24,26,28,30,36-38,52-53,59-60H,9,12,14-15,17-18,20H2,1H3,(H2,43,63)(H,44,56)(H,45,61)(H,46,55)(H,47,57)(H,48,62)(H,49,54). The van der Waals surface area contributed by atoms with Gasteiger partial charge in [-0.25, -0.2) is 4.79 Å². The number of hydrogen-bond acceptors (Lipinski definition) is 12. The Kier molecular flexibility index (Phi) is 16.1. The number of hydrogen-bond donors (Lipinski definition) is 11. The summed E-state index contributed by atoms with van der Waals surface area (Å²) in [5.41, 5.74) is 6.89. The van der Waals surface area contributed by atoms with Crippen molar-refractivity contribution in [2.45, 2.75) is 68.2 Å². The van der Waals surface area contributed by atoms with Crippen molar-refractivity contribution in [2.75, 3.05) is 26.7 Å². The molecule has 12 N–H and O–H groups in total. The van der Waals surface area contributed by atoms with E-state index in [2.05, 4.69) is 31.9 Å². The number of fused-ring (bicyclic) bond motifs is 2. The van der Waals surface area contributed by atoms with Crippen LogP contribution in [-0.2, 0) is 40.0 Å². The molecule has 7 unspecified atom stereocenters. The van der Waals surface area contributed by atoms with Gasteiger partial charge in [-0.1, -0.05) is 60.2 Å². The Morgan fingerprint density at radius 2 is 1.63 bits per heavy atom. The third-order valence-electron chi connectivity index (χ3n) is 10.1. The highest BCUT2D eigenvalue weighted by atomic mass is 35.5. The Morgan fingerprint density at radius 3 is 2.35 bits per heavy atom. The van der Waals surface area contributed by atoms with E-state index >= 15 is 0 Å². The molecule has 21 nitrogen and oxygen atoms in total. The number of nitrogens with zero attached hydrogens (tertiary/aromatic N) is 2. The molecule has 0 radical (unpaired) electrons. The minimum absolute atomic E-state index is 0.132. The van der Waals surface area contributed by atoms with Crippen LogP contribution in [0.3, 0.4) is 0 Å². The van der Waals surface area contributed by atoms with Crippen LogP contribution in [0.25, 0.3) is 17.0 Å². The van der Waals surface area contributed by atoms with Gasteiger partial charge in [0.15, 0.2) is 6.10 Å². The van der Waals surface area contributed by atoms with Gasteiger partial charge in [0.25, 0.3) is 5.91 Å². The van der Waals surface area contributed by atoms with Gasteiger partial charge in [-0.15, -0.1) is 0 Å². The van der Waals surface area contributed by atoms with Gasteiger partial charge in [-0.3, -0.25) is 38.1 Å². The first kappa shape index (κ1) is 47.4. The second-order valence-electron chi connectivity index (χ2n) is 15.0. The first-order chi connectivity index (χ1) is 29.9. The lowest BCUT2D eigenvalue weighted by Crippen LogP contribution is -2.60. The monoisotopic (exact) mass is 893 g/mol. The second-order valence-corrected chi connectivity index (χ2v) is 15.4. The molecule has 63 heavy (non-hydrogen) atoms. The first-order valence-electron chi connectivity index (χ1n) is 19.6. The molecule has 5 rings (SSSR count). The number of carbonyl (C=O) groups excluding carboxylic acids is 8. The molecule has 3 heterocycles. The van der Waals surface area contributed by atoms with Crippen molar-refractivity contribution in [1.82, 2.24) is 41.4 Å². The number of aliphatic hydroxyl groups is 4. The highest BCUT2D eigenvalue weighted by Crippen LogP contribution is 2.26. The van der Waals surface area contributed by atoms with Crippen LogP contribution in [0.15, 0.2) is 72.6 Å². The van der Waals surface area contributed by atoms with Crippen LogP contribution in [0.1, 0.15) is 30.4 Å². The number of nitrogens with one attached hydrogen (secondary N) is 6. The molecule has 2 aliphatic heterocycles. The van der Waals surface area contributed by atoms with Gasteiger partial charge in [0, 0.05) is 48.4 Å². The minimum Gasteiger partial charge on any atom is -0.391 e. The molecule has 3 aromatic rings. The number of amides is 8. The topological polar surface area (TPSA) is 324 Å². The molecule has 1 fully saturated rings. The van der Waals surface area contributed by atoms with Crippen LogP contribution in [0, 0.1) is 0 Å². The van der Waals surface area contributed by atoms with Crippen LogP contribution in [0.2, 0.25) is 5.02 Å². The Labute approximate surface area is 364 Å². The highest BCUT2D eigenvalue weighted by molar-refractivity contribution is 6.31. The smallest absolute Gasteiger partial charge is 0.323 e. The summed E-state index contributed by atoms with van der Waals surface area (Å²) in [5.74, 6) is -6.25. The summed E-state index contributed by atoms with van der Waals surface area (Å²) >= 11 is 6.14. The van der Waals surface area contributed by atoms with Gasteiger partial charge in [0.2, 0.25) is 35.4 Å². The molecule has 8 amide bonds. The van der Waals surface area contributed by atoms with E-state index in [1.165, 1.54) is 25.4 Å². The lowest BCUT2D eigenvalue weighted by Gasteiger charge is -2.31. The van der Waals surface area contributed by atoms with Crippen molar-refractivity contribution in [3.8, 4) is 0 Å². The van der Waals surface area contributed by atoms with Gasteiger partial charge < -0.3 is 63.0 Å². The predicted octanol–water partition coefficient (Wildman–Crippen LogP) is -2.74. The minimum atomic E-state index is -2.27. The second kappa shape index (κ2) is 21.4. The van der Waals surface area contributed by atoms with Crippen molar-refractivity contribution in [1.29, 1.82) is 0 Å². The molecular weight excluding hydrogens is 846 g/mol. The molecule has 336 valence electrons. The zero-order valence-electron chi connectivity index (χ0n) is 33.8. The molecule has 2 aromatic carbocycles. The number of aliphatic hydroxyl groups excluding tert-OH is 4. The summed E-state index contributed by atoms with van der Waals surface area (Å²) < 4.78 is 1.10. The van der Waals surface area contributed by atoms with Crippen molar-refractivity contribution < 1.29 is 58.8 Å². The molecule has 1 saturated heterocycles. The molecule has 0 saturated carbocycles. The van der Waals surface area contributed by atoms with E-state index in [-0.39, 0.29) is 23.6 Å². The molecule has 0 spiro atoms. The number of likely N-dealkylation sites (N-methyl/N-ethyl adjacent to an activating group) is 1. The lowest BCUT2D eigenvalue weighted by molar-refractivity contribution is -0.138. The van der Waals surface area contributed by atoms with E-state index in [0.29, 0.717) is 16.5 Å². The number of carbonyl (C=O) groups is 8. The maximum atomic E-state index is 13.6. The average molecular weight is 894 g/mol. The molecule has 7 atom stereocenters. The number of nitrogens with two attached hydrogens (primary N) is 1. The third kappa shape index (κ3) is 12.9. The lowest BCUT2D eigenvalue weighted by atomic mass is 9.96. The zero-order valence-corrected chi connectivity index (χ0v) is 34.6. The summed E-state index contributed by atoms with van der Waals surface area (Å²) in [6.45, 7) is -1.85. The summed E-state index contributed by atoms with van der Waals surface area (Å²) in [4.78, 5) is 105. The fourth-order valence-electron chi connectivity index (χ4n) is 6.85. The molecule has 1 aromatic heterocycles. The number of benzene rings is 2. The van der Waals surface area contributed by atoms with Gasteiger partial charge in [0.1, 0.15) is 12.1 Å². The number of rotatable bonds is 7. The number of aromatic nitrogens is 1. The Bertz CT molecular complexity index is 2300. The van der Waals surface area contributed by atoms with Crippen LogP contribution >= 0.6 is 11.6 Å². The van der Waals surface area contributed by atoms with E-state index in [1.54, 1.807) is 48.5 Å². The average Bonchev–Trinajstić information content (AvgIpc) is 3.77. The highest BCUT2D eigenvalue weighted by Gasteiger charge is 2.39. The summed E-state index contributed by atoms with van der Waals surface area (Å²) in [5, 5.41) is 59.0. The zero-order chi connectivity index (χ0) is 46.0. The third-order valence-corrected chi connectivity index (χ3v) is 10.4. The summed E-state index contributed by atoms with van der Waals surface area (Å²) in [7, 11) is 1.24. The largest absolute Gasteiger partial charge is 0.391 e. The van der Waals surface area contributed by atoms with Gasteiger partial charge in [-0.05, 0) is 29.7 Å². The van der Waals surface area contributed by atoms with Gasteiger partial charge in [-0.2, -0.15) is 0 Å². The van der Waals surface area contributed by atoms with Gasteiger partial charge >= 0.3 is 6.03 Å². The summed E-state index contributed by atoms with van der Waals surface area (Å²) in [6, 6.07) is 8.15. The Hall–Kier alpha value is -6.65. The van der Waals surface area contributed by atoms with Crippen LogP contribution in [0.4, 0.5) is 4.79 Å². The van der Waals surface area contributed by atoms with Crippen molar-refractivity contribution in [3.63, 3.8) is 0 Å².